The van der Waals surface area contributed by atoms with Crippen LogP contribution in [-0.2, 0) is 13.1 Å². The van der Waals surface area contributed by atoms with E-state index in [2.05, 4.69) is 58.4 Å². The first kappa shape index (κ1) is 25.8. The quantitative estimate of drug-likeness (QED) is 0.210. The highest BCUT2D eigenvalue weighted by molar-refractivity contribution is 6.08. The maximum atomic E-state index is 13.7. The van der Waals surface area contributed by atoms with E-state index in [4.69, 9.17) is 0 Å². The molecule has 0 atom stereocenters. The van der Waals surface area contributed by atoms with Crippen molar-refractivity contribution in [3.05, 3.63) is 156 Å². The first-order chi connectivity index (χ1) is 20.0. The number of nitrogens with one attached hydrogen (secondary N) is 1. The molecule has 0 fully saturated rings. The van der Waals surface area contributed by atoms with Gasteiger partial charge in [-0.05, 0) is 69.8 Å². The number of nitrogens with zero attached hydrogens (tertiary/aromatic N) is 1. The van der Waals surface area contributed by atoms with E-state index >= 15 is 0 Å². The van der Waals surface area contributed by atoms with Gasteiger partial charge in [0.15, 0.2) is 0 Å². The smallest absolute Gasteiger partial charge is 0.335 e. The van der Waals surface area contributed by atoms with E-state index in [9.17, 15) is 14.7 Å². The molecule has 1 amide bonds. The molecule has 0 aliphatic heterocycles. The molecule has 0 bridgehead atoms. The summed E-state index contributed by atoms with van der Waals surface area (Å²) in [7, 11) is 0. The number of rotatable bonds is 8. The molecule has 6 aromatic rings. The van der Waals surface area contributed by atoms with Gasteiger partial charge in [0.25, 0.3) is 5.91 Å². The molecule has 1 heterocycles. The van der Waals surface area contributed by atoms with Crippen LogP contribution >= 0.6 is 0 Å². The van der Waals surface area contributed by atoms with Crippen LogP contribution < -0.4 is 5.32 Å². The van der Waals surface area contributed by atoms with Gasteiger partial charge in [0, 0.05) is 24.7 Å². The lowest BCUT2D eigenvalue weighted by atomic mass is 9.99. The lowest BCUT2D eigenvalue weighted by Crippen LogP contribution is -2.23. The summed E-state index contributed by atoms with van der Waals surface area (Å²) in [6, 6.07) is 41.5. The summed E-state index contributed by atoms with van der Waals surface area (Å²) >= 11 is 0. The van der Waals surface area contributed by atoms with Crippen LogP contribution in [0.4, 0.5) is 0 Å². The van der Waals surface area contributed by atoms with Crippen molar-refractivity contribution in [1.82, 2.24) is 9.88 Å². The summed E-state index contributed by atoms with van der Waals surface area (Å²) in [4.78, 5) is 24.9. The average Bonchev–Trinajstić information content (AvgIpc) is 3.43. The number of aromatic nitrogens is 1. The molecular weight excluding hydrogens is 508 g/mol. The van der Waals surface area contributed by atoms with Gasteiger partial charge in [-0.25, -0.2) is 4.79 Å². The predicted octanol–water partition coefficient (Wildman–Crippen LogP) is 7.65. The fourth-order valence-corrected chi connectivity index (χ4v) is 5.17. The summed E-state index contributed by atoms with van der Waals surface area (Å²) < 4.78 is 2.13. The molecule has 41 heavy (non-hydrogen) atoms. The summed E-state index contributed by atoms with van der Waals surface area (Å²) in [5.74, 6) is -1.16. The van der Waals surface area contributed by atoms with E-state index in [0.29, 0.717) is 12.1 Å². The van der Waals surface area contributed by atoms with Gasteiger partial charge in [-0.1, -0.05) is 91.0 Å². The topological polar surface area (TPSA) is 71.3 Å². The predicted molar refractivity (Wildman–Crippen MR) is 163 cm³/mol. The molecule has 0 aliphatic carbocycles. The molecule has 0 saturated heterocycles. The minimum atomic E-state index is -0.976. The van der Waals surface area contributed by atoms with E-state index in [1.807, 2.05) is 60.8 Å². The van der Waals surface area contributed by atoms with Crippen molar-refractivity contribution in [2.24, 2.45) is 0 Å². The Hall–Kier alpha value is -5.42. The lowest BCUT2D eigenvalue weighted by Gasteiger charge is -2.14. The number of amides is 1. The Bertz CT molecular complexity index is 1840. The van der Waals surface area contributed by atoms with Crippen LogP contribution in [0.1, 0.15) is 31.8 Å². The third-order valence-electron chi connectivity index (χ3n) is 7.25. The molecule has 0 aliphatic rings. The molecule has 0 spiro atoms. The van der Waals surface area contributed by atoms with Crippen LogP contribution in [0.2, 0.25) is 0 Å². The van der Waals surface area contributed by atoms with Crippen molar-refractivity contribution in [3.8, 4) is 22.3 Å². The first-order valence-electron chi connectivity index (χ1n) is 13.5. The van der Waals surface area contributed by atoms with Gasteiger partial charge >= 0.3 is 5.97 Å². The van der Waals surface area contributed by atoms with Crippen LogP contribution in [-0.4, -0.2) is 21.6 Å². The maximum Gasteiger partial charge on any atom is 0.335 e. The second-order valence-corrected chi connectivity index (χ2v) is 10.0. The van der Waals surface area contributed by atoms with Gasteiger partial charge < -0.3 is 15.0 Å². The van der Waals surface area contributed by atoms with Gasteiger partial charge in [-0.2, -0.15) is 0 Å². The highest BCUT2D eigenvalue weighted by Gasteiger charge is 2.17. The molecule has 0 radical (unpaired) electrons. The van der Waals surface area contributed by atoms with Crippen molar-refractivity contribution >= 4 is 22.8 Å². The Kier molecular flexibility index (Phi) is 7.16. The number of carboxylic acid groups (broad SMARTS) is 1. The molecule has 6 rings (SSSR count). The van der Waals surface area contributed by atoms with E-state index in [0.717, 1.165) is 44.3 Å². The molecule has 5 aromatic carbocycles. The number of hydrogen-bond donors (Lipinski definition) is 2. The summed E-state index contributed by atoms with van der Waals surface area (Å²) in [6.07, 6.45) is 2.04. The van der Waals surface area contributed by atoms with E-state index in [-0.39, 0.29) is 18.0 Å². The fourth-order valence-electron chi connectivity index (χ4n) is 5.17. The third kappa shape index (κ3) is 5.65. The molecule has 2 N–H and O–H groups in total. The zero-order valence-electron chi connectivity index (χ0n) is 22.3. The van der Waals surface area contributed by atoms with E-state index < -0.39 is 5.97 Å². The number of benzene rings is 5. The second-order valence-electron chi connectivity index (χ2n) is 10.0. The second kappa shape index (κ2) is 11.4. The zero-order valence-corrected chi connectivity index (χ0v) is 22.3. The minimum Gasteiger partial charge on any atom is -0.478 e. The number of hydrogen-bond acceptors (Lipinski definition) is 2. The summed E-state index contributed by atoms with van der Waals surface area (Å²) in [5, 5.41) is 13.2. The van der Waals surface area contributed by atoms with Crippen molar-refractivity contribution < 1.29 is 14.7 Å². The number of aromatic carboxylic acids is 1. The average molecular weight is 537 g/mol. The zero-order chi connectivity index (χ0) is 28.2. The van der Waals surface area contributed by atoms with Crippen LogP contribution in [0.5, 0.6) is 0 Å². The van der Waals surface area contributed by atoms with Crippen LogP contribution in [0.15, 0.2) is 134 Å². The largest absolute Gasteiger partial charge is 0.478 e. The van der Waals surface area contributed by atoms with Crippen molar-refractivity contribution in [2.75, 3.05) is 0 Å². The summed E-state index contributed by atoms with van der Waals surface area (Å²) in [6.45, 7) is 0.904. The number of carbonyl (C=O) groups excluding carboxylic acids is 1. The highest BCUT2D eigenvalue weighted by Crippen LogP contribution is 2.30. The fraction of sp³-hybridized carbons (Fsp3) is 0.0556. The number of fused-ring (bicyclic) bond motifs is 1. The van der Waals surface area contributed by atoms with Crippen molar-refractivity contribution in [3.63, 3.8) is 0 Å². The minimum absolute atomic E-state index is 0.187. The van der Waals surface area contributed by atoms with Gasteiger partial charge in [-0.3, -0.25) is 4.79 Å². The Morgan fingerprint density at radius 1 is 0.634 bits per heavy atom. The first-order valence-corrected chi connectivity index (χ1v) is 13.5. The number of carboxylic acids is 1. The lowest BCUT2D eigenvalue weighted by molar-refractivity contribution is 0.0696. The monoisotopic (exact) mass is 536 g/mol. The van der Waals surface area contributed by atoms with Gasteiger partial charge in [0.05, 0.1) is 16.6 Å². The normalized spacial score (nSPS) is 10.9. The molecule has 1 aromatic heterocycles. The molecule has 5 heteroatoms. The molecule has 5 nitrogen and oxygen atoms in total. The van der Waals surface area contributed by atoms with Gasteiger partial charge in [-0.15, -0.1) is 0 Å². The Balaban J connectivity index is 1.35. The Labute approximate surface area is 238 Å². The maximum absolute atomic E-state index is 13.7. The standard InChI is InChI=1S/C36H28N2O3/c39-35(37-23-25-14-16-29(17-15-25)36(40)41)33-22-32(28-11-5-2-6-12-28)21-31-18-19-38(34(31)33)24-26-8-7-13-30(20-26)27-9-3-1-4-10-27/h1-22H,23-24H2,(H,37,39)(H,40,41). The van der Waals surface area contributed by atoms with Gasteiger partial charge in [0.1, 0.15) is 0 Å². The Morgan fingerprint density at radius 3 is 1.98 bits per heavy atom. The van der Waals surface area contributed by atoms with Crippen LogP contribution in [0.25, 0.3) is 33.2 Å². The molecule has 0 unspecified atom stereocenters. The molecule has 200 valence electrons. The molecule has 0 saturated carbocycles. The molecular formula is C36H28N2O3. The van der Waals surface area contributed by atoms with E-state index in [1.54, 1.807) is 24.3 Å². The highest BCUT2D eigenvalue weighted by atomic mass is 16.4. The summed E-state index contributed by atoms with van der Waals surface area (Å²) in [5.41, 5.74) is 7.96. The third-order valence-corrected chi connectivity index (χ3v) is 7.25. The number of carbonyl (C=O) groups is 2. The van der Waals surface area contributed by atoms with Crippen molar-refractivity contribution in [1.29, 1.82) is 0 Å². The Morgan fingerprint density at radius 2 is 1.29 bits per heavy atom. The van der Waals surface area contributed by atoms with Crippen molar-refractivity contribution in [2.45, 2.75) is 13.1 Å². The van der Waals surface area contributed by atoms with Gasteiger partial charge in [0.2, 0.25) is 0 Å². The van der Waals surface area contributed by atoms with Crippen LogP contribution in [0.3, 0.4) is 0 Å². The van der Waals surface area contributed by atoms with Crippen LogP contribution in [0, 0.1) is 0 Å². The van der Waals surface area contributed by atoms with E-state index in [1.165, 1.54) is 0 Å². The SMILES string of the molecule is O=C(O)c1ccc(CNC(=O)c2cc(-c3ccccc3)cc3ccn(Cc4cccc(-c5ccccc5)c4)c23)cc1.